The van der Waals surface area contributed by atoms with Crippen LogP contribution in [-0.4, -0.2) is 4.57 Å². The summed E-state index contributed by atoms with van der Waals surface area (Å²) < 4.78 is 2.50. The number of rotatable bonds is 8. The number of fused-ring (bicyclic) bond motifs is 6. The molecular weight excluding hydrogens is 773 g/mol. The average molecular weight is 815 g/mol. The molecule has 2 nitrogen and oxygen atoms in total. The lowest BCUT2D eigenvalue weighted by Crippen LogP contribution is -2.10. The summed E-state index contributed by atoms with van der Waals surface area (Å²) in [5, 5.41) is 7.39. The Morgan fingerprint density at radius 1 is 0.281 bits per heavy atom. The van der Waals surface area contributed by atoms with Crippen LogP contribution in [0.25, 0.3) is 93.5 Å². The second kappa shape index (κ2) is 15.8. The van der Waals surface area contributed by atoms with Gasteiger partial charge in [-0.25, -0.2) is 0 Å². The zero-order valence-electron chi connectivity index (χ0n) is 35.1. The van der Waals surface area contributed by atoms with E-state index in [1.807, 2.05) is 0 Å². The highest BCUT2D eigenvalue weighted by Crippen LogP contribution is 2.46. The van der Waals surface area contributed by atoms with Gasteiger partial charge >= 0.3 is 0 Å². The van der Waals surface area contributed by atoms with Gasteiger partial charge in [0.2, 0.25) is 0 Å². The van der Waals surface area contributed by atoms with Crippen LogP contribution in [0.2, 0.25) is 0 Å². The van der Waals surface area contributed by atoms with Crippen molar-refractivity contribution in [3.8, 4) is 50.2 Å². The van der Waals surface area contributed by atoms with E-state index >= 15 is 0 Å². The maximum absolute atomic E-state index is 2.50. The van der Waals surface area contributed by atoms with Gasteiger partial charge in [-0.15, -0.1) is 0 Å². The highest BCUT2D eigenvalue weighted by atomic mass is 15.1. The fraction of sp³-hybridized carbons (Fsp3) is 0. The molecule has 0 saturated carbocycles. The lowest BCUT2D eigenvalue weighted by molar-refractivity contribution is 1.19. The van der Waals surface area contributed by atoms with Crippen LogP contribution >= 0.6 is 0 Å². The van der Waals surface area contributed by atoms with E-state index in [1.54, 1.807) is 0 Å². The molecule has 0 bridgehead atoms. The first kappa shape index (κ1) is 37.3. The van der Waals surface area contributed by atoms with Crippen LogP contribution in [0, 0.1) is 0 Å². The summed E-state index contributed by atoms with van der Waals surface area (Å²) in [7, 11) is 0. The molecule has 0 aliphatic carbocycles. The van der Waals surface area contributed by atoms with Gasteiger partial charge in [0.15, 0.2) is 0 Å². The number of aromatic nitrogens is 1. The molecule has 0 fully saturated rings. The van der Waals surface area contributed by atoms with Gasteiger partial charge in [0.25, 0.3) is 0 Å². The van der Waals surface area contributed by atoms with Gasteiger partial charge < -0.3 is 9.47 Å². The molecule has 1 heterocycles. The van der Waals surface area contributed by atoms with E-state index in [0.29, 0.717) is 0 Å². The fourth-order valence-corrected chi connectivity index (χ4v) is 9.85. The predicted octanol–water partition coefficient (Wildman–Crippen LogP) is 17.2. The largest absolute Gasteiger partial charge is 0.310 e. The van der Waals surface area contributed by atoms with Crippen molar-refractivity contribution in [3.63, 3.8) is 0 Å². The molecule has 1 aromatic heterocycles. The van der Waals surface area contributed by atoms with Crippen molar-refractivity contribution in [1.29, 1.82) is 0 Å². The topological polar surface area (TPSA) is 8.17 Å². The minimum atomic E-state index is 1.08. The highest BCUT2D eigenvalue weighted by molar-refractivity contribution is 6.19. The number of hydrogen-bond donors (Lipinski definition) is 0. The van der Waals surface area contributed by atoms with E-state index in [4.69, 9.17) is 0 Å². The van der Waals surface area contributed by atoms with Gasteiger partial charge in [-0.05, 0) is 92.2 Å². The summed E-state index contributed by atoms with van der Waals surface area (Å²) in [6.45, 7) is 0. The van der Waals surface area contributed by atoms with Crippen LogP contribution in [0.3, 0.4) is 0 Å². The summed E-state index contributed by atoms with van der Waals surface area (Å²) in [4.78, 5) is 2.41. The van der Waals surface area contributed by atoms with Crippen molar-refractivity contribution in [2.45, 2.75) is 0 Å². The zero-order valence-corrected chi connectivity index (χ0v) is 35.1. The molecule has 0 N–H and O–H groups in total. The first-order valence-corrected chi connectivity index (χ1v) is 22.0. The molecular formula is C62H42N2. The van der Waals surface area contributed by atoms with E-state index < -0.39 is 0 Å². The number of nitrogens with zero attached hydrogens (tertiary/aromatic N) is 2. The van der Waals surface area contributed by atoms with E-state index in [0.717, 1.165) is 28.3 Å². The molecule has 0 amide bonds. The average Bonchev–Trinajstić information content (AvgIpc) is 3.72. The third-order valence-electron chi connectivity index (χ3n) is 12.8. The maximum Gasteiger partial charge on any atom is 0.0619 e. The summed E-state index contributed by atoms with van der Waals surface area (Å²) in [5.41, 5.74) is 16.4. The lowest BCUT2D eigenvalue weighted by atomic mass is 9.92. The molecule has 11 aromatic carbocycles. The van der Waals surface area contributed by atoms with Gasteiger partial charge in [-0.1, -0.05) is 212 Å². The van der Waals surface area contributed by atoms with Crippen LogP contribution in [0.1, 0.15) is 0 Å². The maximum atomic E-state index is 2.50. The first-order chi connectivity index (χ1) is 31.8. The Hall–Kier alpha value is -8.46. The molecule has 0 radical (unpaired) electrons. The van der Waals surface area contributed by atoms with Gasteiger partial charge in [0, 0.05) is 38.5 Å². The second-order valence-electron chi connectivity index (χ2n) is 16.4. The van der Waals surface area contributed by atoms with Crippen molar-refractivity contribution in [2.75, 3.05) is 4.90 Å². The SMILES string of the molecule is c1ccc(-c2ccc(N(c3ccc(-c4cccc(-n5c6ccccc6c6ccc7ccccc7c65)c4-c4ccccc4)cc3)c3ccc(-c4ccccc4)c4ccccc34)cc2)cc1. The number of para-hydroxylation sites is 1. The number of hydrogen-bond acceptors (Lipinski definition) is 1. The quantitative estimate of drug-likeness (QED) is 0.148. The predicted molar refractivity (Wildman–Crippen MR) is 272 cm³/mol. The Morgan fingerprint density at radius 2 is 0.812 bits per heavy atom. The fourth-order valence-electron chi connectivity index (χ4n) is 9.85. The van der Waals surface area contributed by atoms with Crippen LogP contribution in [0.15, 0.2) is 255 Å². The highest BCUT2D eigenvalue weighted by Gasteiger charge is 2.22. The zero-order chi connectivity index (χ0) is 42.4. The Bertz CT molecular complexity index is 3630. The van der Waals surface area contributed by atoms with Crippen LogP contribution < -0.4 is 4.90 Å². The van der Waals surface area contributed by atoms with Gasteiger partial charge in [-0.3, -0.25) is 0 Å². The normalized spacial score (nSPS) is 11.4. The van der Waals surface area contributed by atoms with E-state index in [1.165, 1.54) is 82.3 Å². The van der Waals surface area contributed by atoms with Crippen LogP contribution in [0.4, 0.5) is 17.1 Å². The Labute approximate surface area is 373 Å². The summed E-state index contributed by atoms with van der Waals surface area (Å²) in [6.07, 6.45) is 0. The van der Waals surface area contributed by atoms with Crippen molar-refractivity contribution < 1.29 is 0 Å². The minimum Gasteiger partial charge on any atom is -0.310 e. The third-order valence-corrected chi connectivity index (χ3v) is 12.8. The molecule has 0 spiro atoms. The first-order valence-electron chi connectivity index (χ1n) is 22.0. The molecule has 0 unspecified atom stereocenters. The summed E-state index contributed by atoms with van der Waals surface area (Å²) >= 11 is 0. The van der Waals surface area contributed by atoms with Crippen molar-refractivity contribution >= 4 is 60.4 Å². The molecule has 2 heteroatoms. The standard InChI is InChI=1S/C62H42N2/c1-4-17-43(18-5-1)44-31-36-49(37-32-44)63(59-42-41-51(45-19-6-2-7-20-45)54-25-12-13-26-55(54)59)50-38-33-47(34-39-50)52-28-16-30-60(61(52)48-22-8-3-9-23-48)64-58-29-15-14-27-56(58)57-40-35-46-21-10-11-24-53(46)62(57)64/h1-42H. The summed E-state index contributed by atoms with van der Waals surface area (Å²) in [6, 6.07) is 92.6. The summed E-state index contributed by atoms with van der Waals surface area (Å²) in [5.74, 6) is 0. The van der Waals surface area contributed by atoms with Crippen LogP contribution in [0.5, 0.6) is 0 Å². The van der Waals surface area contributed by atoms with Crippen molar-refractivity contribution in [1.82, 2.24) is 4.57 Å². The van der Waals surface area contributed by atoms with Crippen molar-refractivity contribution in [2.24, 2.45) is 0 Å². The molecule has 0 saturated heterocycles. The van der Waals surface area contributed by atoms with E-state index in [2.05, 4.69) is 264 Å². The van der Waals surface area contributed by atoms with Crippen LogP contribution in [-0.2, 0) is 0 Å². The molecule has 0 aliphatic heterocycles. The van der Waals surface area contributed by atoms with E-state index in [9.17, 15) is 0 Å². The Balaban J connectivity index is 1.04. The van der Waals surface area contributed by atoms with Crippen molar-refractivity contribution in [3.05, 3.63) is 255 Å². The van der Waals surface area contributed by atoms with Gasteiger partial charge in [0.1, 0.15) is 0 Å². The monoisotopic (exact) mass is 814 g/mol. The molecule has 0 atom stereocenters. The number of anilines is 3. The number of benzene rings is 11. The molecule has 64 heavy (non-hydrogen) atoms. The molecule has 300 valence electrons. The molecule has 12 rings (SSSR count). The second-order valence-corrected chi connectivity index (χ2v) is 16.4. The lowest BCUT2D eigenvalue weighted by Gasteiger charge is -2.28. The Kier molecular flexibility index (Phi) is 9.20. The third kappa shape index (κ3) is 6.35. The smallest absolute Gasteiger partial charge is 0.0619 e. The molecule has 12 aromatic rings. The van der Waals surface area contributed by atoms with Gasteiger partial charge in [0.05, 0.1) is 22.4 Å². The Morgan fingerprint density at radius 3 is 1.52 bits per heavy atom. The molecule has 0 aliphatic rings. The van der Waals surface area contributed by atoms with Gasteiger partial charge in [-0.2, -0.15) is 0 Å². The van der Waals surface area contributed by atoms with E-state index in [-0.39, 0.29) is 0 Å². The minimum absolute atomic E-state index is 1.08.